The molecule has 1 aromatic carbocycles. The number of hydrogen-bond acceptors (Lipinski definition) is 7. The summed E-state index contributed by atoms with van der Waals surface area (Å²) >= 11 is 2.61. The lowest BCUT2D eigenvalue weighted by Gasteiger charge is -2.09. The Morgan fingerprint density at radius 3 is 2.63 bits per heavy atom. The van der Waals surface area contributed by atoms with Crippen molar-refractivity contribution in [2.75, 3.05) is 32.6 Å². The van der Waals surface area contributed by atoms with E-state index in [1.807, 2.05) is 13.0 Å². The van der Waals surface area contributed by atoms with Crippen LogP contribution in [0.4, 0.5) is 0 Å². The predicted molar refractivity (Wildman–Crippen MR) is 106 cm³/mol. The van der Waals surface area contributed by atoms with E-state index in [1.165, 1.54) is 23.1 Å². The quantitative estimate of drug-likeness (QED) is 0.282. The monoisotopic (exact) mass is 407 g/mol. The number of esters is 1. The minimum Gasteiger partial charge on any atom is -0.454 e. The summed E-state index contributed by atoms with van der Waals surface area (Å²) in [7, 11) is 1.56. The number of ketones is 1. The second kappa shape index (κ2) is 10.9. The van der Waals surface area contributed by atoms with E-state index in [0.717, 1.165) is 4.88 Å². The molecule has 0 atom stereocenters. The first-order chi connectivity index (χ1) is 13.0. The van der Waals surface area contributed by atoms with Gasteiger partial charge in [0, 0.05) is 23.4 Å². The van der Waals surface area contributed by atoms with Crippen LogP contribution in [0.15, 0.2) is 41.3 Å². The van der Waals surface area contributed by atoms with Crippen LogP contribution in [0.2, 0.25) is 0 Å². The lowest BCUT2D eigenvalue weighted by Crippen LogP contribution is -2.28. The van der Waals surface area contributed by atoms with E-state index < -0.39 is 5.97 Å². The first kappa shape index (κ1) is 21.1. The topological polar surface area (TPSA) is 81.7 Å². The van der Waals surface area contributed by atoms with Gasteiger partial charge in [0.1, 0.15) is 0 Å². The maximum absolute atomic E-state index is 12.4. The second-order valence-corrected chi connectivity index (χ2v) is 7.84. The third-order valence-corrected chi connectivity index (χ3v) is 5.56. The number of thioether (sulfide) groups is 1. The molecule has 0 radical (unpaired) electrons. The van der Waals surface area contributed by atoms with Crippen LogP contribution in [0.3, 0.4) is 0 Å². The molecule has 0 bridgehead atoms. The normalized spacial score (nSPS) is 10.4. The van der Waals surface area contributed by atoms with Crippen LogP contribution in [0.5, 0.6) is 0 Å². The zero-order valence-corrected chi connectivity index (χ0v) is 16.8. The van der Waals surface area contributed by atoms with E-state index >= 15 is 0 Å². The van der Waals surface area contributed by atoms with E-state index in [-0.39, 0.29) is 24.1 Å². The Labute approximate surface area is 166 Å². The second-order valence-electron chi connectivity index (χ2n) is 5.54. The zero-order valence-electron chi connectivity index (χ0n) is 15.2. The number of carbonyl (C=O) groups is 3. The van der Waals surface area contributed by atoms with Gasteiger partial charge in [0.15, 0.2) is 6.61 Å². The van der Waals surface area contributed by atoms with E-state index in [1.54, 1.807) is 37.4 Å². The molecule has 0 aliphatic carbocycles. The summed E-state index contributed by atoms with van der Waals surface area (Å²) in [5, 5.41) is 2.72. The molecule has 1 amide bonds. The molecule has 0 saturated carbocycles. The maximum atomic E-state index is 12.4. The fourth-order valence-corrected chi connectivity index (χ4v) is 3.77. The van der Waals surface area contributed by atoms with Gasteiger partial charge >= 0.3 is 5.97 Å². The van der Waals surface area contributed by atoms with Crippen LogP contribution in [-0.2, 0) is 14.3 Å². The molecule has 27 heavy (non-hydrogen) atoms. The van der Waals surface area contributed by atoms with E-state index in [2.05, 4.69) is 5.32 Å². The molecule has 1 heterocycles. The SMILES string of the molecule is COCCNC(=O)CSc1ccccc1C(=O)OCC(=O)c1ccc(C)s1. The molecule has 0 aliphatic rings. The standard InChI is InChI=1S/C19H21NO5S2/c1-13-7-8-17(27-13)15(21)11-25-19(23)14-5-3-4-6-16(14)26-12-18(22)20-9-10-24-2/h3-8H,9-12H2,1-2H3,(H,20,22). The summed E-state index contributed by atoms with van der Waals surface area (Å²) < 4.78 is 10.0. The molecule has 0 fully saturated rings. The minimum atomic E-state index is -0.584. The fourth-order valence-electron chi connectivity index (χ4n) is 2.11. The van der Waals surface area contributed by atoms with Crippen LogP contribution in [0.1, 0.15) is 24.9 Å². The van der Waals surface area contributed by atoms with Crippen molar-refractivity contribution in [3.05, 3.63) is 51.7 Å². The van der Waals surface area contributed by atoms with Gasteiger partial charge in [-0.05, 0) is 31.2 Å². The highest BCUT2D eigenvalue weighted by Gasteiger charge is 2.17. The van der Waals surface area contributed by atoms with Crippen molar-refractivity contribution in [1.82, 2.24) is 5.32 Å². The molecule has 0 unspecified atom stereocenters. The number of carbonyl (C=O) groups excluding carboxylic acids is 3. The number of Topliss-reactive ketones (excluding diaryl/α,β-unsaturated/α-hetero) is 1. The lowest BCUT2D eigenvalue weighted by molar-refractivity contribution is -0.118. The van der Waals surface area contributed by atoms with Gasteiger partial charge in [-0.25, -0.2) is 4.79 Å². The van der Waals surface area contributed by atoms with Gasteiger partial charge in [0.2, 0.25) is 11.7 Å². The van der Waals surface area contributed by atoms with Crippen molar-refractivity contribution in [2.45, 2.75) is 11.8 Å². The molecule has 6 nitrogen and oxygen atoms in total. The Balaban J connectivity index is 1.90. The number of methoxy groups -OCH3 is 1. The van der Waals surface area contributed by atoms with Crippen LogP contribution in [0, 0.1) is 6.92 Å². The van der Waals surface area contributed by atoms with Crippen LogP contribution in [0.25, 0.3) is 0 Å². The number of benzene rings is 1. The Morgan fingerprint density at radius 1 is 1.15 bits per heavy atom. The van der Waals surface area contributed by atoms with E-state index in [4.69, 9.17) is 9.47 Å². The average molecular weight is 408 g/mol. The lowest BCUT2D eigenvalue weighted by atomic mass is 10.2. The molecular weight excluding hydrogens is 386 g/mol. The van der Waals surface area contributed by atoms with Crippen molar-refractivity contribution in [1.29, 1.82) is 0 Å². The number of hydrogen-bond donors (Lipinski definition) is 1. The largest absolute Gasteiger partial charge is 0.454 e. The maximum Gasteiger partial charge on any atom is 0.339 e. The summed E-state index contributed by atoms with van der Waals surface area (Å²) in [4.78, 5) is 38.5. The average Bonchev–Trinajstić information content (AvgIpc) is 3.11. The predicted octanol–water partition coefficient (Wildman–Crippen LogP) is 2.95. The fraction of sp³-hybridized carbons (Fsp3) is 0.316. The third-order valence-electron chi connectivity index (χ3n) is 3.44. The van der Waals surface area contributed by atoms with Gasteiger partial charge in [0.25, 0.3) is 0 Å². The molecular formula is C19H21NO5S2. The Morgan fingerprint density at radius 2 is 1.93 bits per heavy atom. The van der Waals surface area contributed by atoms with Crippen molar-refractivity contribution >= 4 is 40.8 Å². The van der Waals surface area contributed by atoms with Gasteiger partial charge in [-0.2, -0.15) is 0 Å². The van der Waals surface area contributed by atoms with E-state index in [9.17, 15) is 14.4 Å². The molecule has 0 aliphatic heterocycles. The number of ether oxygens (including phenoxy) is 2. The summed E-state index contributed by atoms with van der Waals surface area (Å²) in [5.41, 5.74) is 0.336. The molecule has 8 heteroatoms. The molecule has 1 aromatic heterocycles. The highest BCUT2D eigenvalue weighted by molar-refractivity contribution is 8.00. The molecule has 144 valence electrons. The summed E-state index contributed by atoms with van der Waals surface area (Å²) in [6, 6.07) is 10.4. The van der Waals surface area contributed by atoms with Crippen molar-refractivity contribution in [3.63, 3.8) is 0 Å². The Hall–Kier alpha value is -2.16. The molecule has 1 N–H and O–H groups in total. The first-order valence-electron chi connectivity index (χ1n) is 8.25. The molecule has 2 rings (SSSR count). The van der Waals surface area contributed by atoms with Crippen LogP contribution >= 0.6 is 23.1 Å². The van der Waals surface area contributed by atoms with E-state index in [0.29, 0.717) is 28.5 Å². The number of rotatable bonds is 10. The Bertz CT molecular complexity index is 803. The van der Waals surface area contributed by atoms with Gasteiger partial charge < -0.3 is 14.8 Å². The molecule has 0 saturated heterocycles. The van der Waals surface area contributed by atoms with Gasteiger partial charge in [-0.1, -0.05) is 12.1 Å². The van der Waals surface area contributed by atoms with Gasteiger partial charge in [-0.15, -0.1) is 23.1 Å². The molecule has 2 aromatic rings. The number of thiophene rings is 1. The number of amides is 1. The minimum absolute atomic E-state index is 0.150. The smallest absolute Gasteiger partial charge is 0.339 e. The summed E-state index contributed by atoms with van der Waals surface area (Å²) in [5.74, 6) is -0.798. The van der Waals surface area contributed by atoms with Crippen molar-refractivity contribution in [3.8, 4) is 0 Å². The third kappa shape index (κ3) is 6.82. The van der Waals surface area contributed by atoms with Crippen molar-refractivity contribution in [2.24, 2.45) is 0 Å². The van der Waals surface area contributed by atoms with Gasteiger partial charge in [0.05, 0.1) is 22.8 Å². The number of aryl methyl sites for hydroxylation is 1. The highest BCUT2D eigenvalue weighted by atomic mass is 32.2. The number of nitrogens with one attached hydrogen (secondary N) is 1. The first-order valence-corrected chi connectivity index (χ1v) is 10.1. The summed E-state index contributed by atoms with van der Waals surface area (Å²) in [6.45, 7) is 2.47. The zero-order chi connectivity index (χ0) is 19.6. The van der Waals surface area contributed by atoms with Crippen molar-refractivity contribution < 1.29 is 23.9 Å². The molecule has 0 spiro atoms. The summed E-state index contributed by atoms with van der Waals surface area (Å²) in [6.07, 6.45) is 0. The van der Waals surface area contributed by atoms with Crippen LogP contribution < -0.4 is 5.32 Å². The van der Waals surface area contributed by atoms with Gasteiger partial charge in [-0.3, -0.25) is 9.59 Å². The van der Waals surface area contributed by atoms with Crippen LogP contribution in [-0.4, -0.2) is 50.3 Å². The Kier molecular flexibility index (Phi) is 8.50. The highest BCUT2D eigenvalue weighted by Crippen LogP contribution is 2.23.